The van der Waals surface area contributed by atoms with E-state index in [1.807, 2.05) is 12.4 Å². The zero-order chi connectivity index (χ0) is 13.1. The SMILES string of the molecule is CCc1nc2cncc(C)c2n1CCCS(C)=O. The van der Waals surface area contributed by atoms with Crippen LogP contribution < -0.4 is 0 Å². The molecule has 0 fully saturated rings. The molecule has 0 N–H and O–H groups in total. The van der Waals surface area contributed by atoms with E-state index >= 15 is 0 Å². The van der Waals surface area contributed by atoms with Gasteiger partial charge in [0.05, 0.1) is 11.7 Å². The summed E-state index contributed by atoms with van der Waals surface area (Å²) < 4.78 is 13.4. The molecule has 0 saturated carbocycles. The minimum atomic E-state index is -0.721. The topological polar surface area (TPSA) is 47.8 Å². The lowest BCUT2D eigenvalue weighted by Crippen LogP contribution is -2.07. The monoisotopic (exact) mass is 265 g/mol. The van der Waals surface area contributed by atoms with Crippen LogP contribution in [0.1, 0.15) is 24.7 Å². The Morgan fingerprint density at radius 2 is 2.17 bits per heavy atom. The van der Waals surface area contributed by atoms with Gasteiger partial charge in [0, 0.05) is 42.0 Å². The molecular formula is C13H19N3OS. The second-order valence-corrected chi connectivity index (χ2v) is 6.04. The molecule has 2 aromatic rings. The number of rotatable bonds is 5. The fourth-order valence-corrected chi connectivity index (χ4v) is 2.78. The Hall–Kier alpha value is -1.23. The minimum absolute atomic E-state index is 0.721. The van der Waals surface area contributed by atoms with Gasteiger partial charge in [0.1, 0.15) is 11.3 Å². The van der Waals surface area contributed by atoms with Crippen LogP contribution in [0.2, 0.25) is 0 Å². The lowest BCUT2D eigenvalue weighted by molar-refractivity contribution is 0.649. The summed E-state index contributed by atoms with van der Waals surface area (Å²) in [6, 6.07) is 0. The molecule has 0 aromatic carbocycles. The maximum Gasteiger partial charge on any atom is 0.109 e. The number of pyridine rings is 1. The molecule has 0 amide bonds. The molecule has 5 heteroatoms. The summed E-state index contributed by atoms with van der Waals surface area (Å²) in [5.74, 6) is 1.83. The van der Waals surface area contributed by atoms with Crippen LogP contribution in [0.4, 0.5) is 0 Å². The molecule has 1 atom stereocenters. The first-order chi connectivity index (χ1) is 8.63. The Morgan fingerprint density at radius 3 is 2.83 bits per heavy atom. The summed E-state index contributed by atoms with van der Waals surface area (Å²) in [7, 11) is -0.721. The summed E-state index contributed by atoms with van der Waals surface area (Å²) in [6.07, 6.45) is 7.27. The van der Waals surface area contributed by atoms with Crippen molar-refractivity contribution in [3.8, 4) is 0 Å². The van der Waals surface area contributed by atoms with Crippen molar-refractivity contribution in [2.45, 2.75) is 33.2 Å². The zero-order valence-corrected chi connectivity index (χ0v) is 12.0. The normalized spacial score (nSPS) is 13.1. The molecule has 0 radical (unpaired) electrons. The van der Waals surface area contributed by atoms with E-state index < -0.39 is 10.8 Å². The Kier molecular flexibility index (Phi) is 4.11. The Labute approximate surface area is 110 Å². The standard InChI is InChI=1S/C13H19N3OS/c1-4-12-15-11-9-14-8-10(2)13(11)16(12)6-5-7-18(3)17/h8-9H,4-7H2,1-3H3. The predicted octanol–water partition coefficient (Wildman–Crippen LogP) is 2.07. The van der Waals surface area contributed by atoms with Gasteiger partial charge in [-0.2, -0.15) is 0 Å². The summed E-state index contributed by atoms with van der Waals surface area (Å²) in [6.45, 7) is 5.05. The average Bonchev–Trinajstić information content (AvgIpc) is 2.68. The van der Waals surface area contributed by atoms with Gasteiger partial charge in [-0.05, 0) is 18.9 Å². The first-order valence-electron chi connectivity index (χ1n) is 6.23. The average molecular weight is 265 g/mol. The van der Waals surface area contributed by atoms with E-state index in [0.29, 0.717) is 0 Å². The third-order valence-electron chi connectivity index (χ3n) is 3.04. The quantitative estimate of drug-likeness (QED) is 0.831. The molecule has 2 rings (SSSR count). The number of nitrogens with zero attached hydrogens (tertiary/aromatic N) is 3. The van der Waals surface area contributed by atoms with E-state index in [0.717, 1.165) is 42.0 Å². The maximum absolute atomic E-state index is 11.1. The molecular weight excluding hydrogens is 246 g/mol. The molecule has 0 aliphatic rings. The summed E-state index contributed by atoms with van der Waals surface area (Å²) in [5.41, 5.74) is 3.28. The Morgan fingerprint density at radius 1 is 1.39 bits per heavy atom. The maximum atomic E-state index is 11.1. The van der Waals surface area contributed by atoms with E-state index in [2.05, 4.69) is 28.4 Å². The third kappa shape index (κ3) is 2.61. The number of hydrogen-bond donors (Lipinski definition) is 0. The van der Waals surface area contributed by atoms with Crippen LogP contribution >= 0.6 is 0 Å². The van der Waals surface area contributed by atoms with Crippen LogP contribution in [0.5, 0.6) is 0 Å². The Balaban J connectivity index is 2.37. The first kappa shape index (κ1) is 13.2. The van der Waals surface area contributed by atoms with Crippen molar-refractivity contribution < 1.29 is 4.21 Å². The lowest BCUT2D eigenvalue weighted by Gasteiger charge is -2.08. The van der Waals surface area contributed by atoms with Gasteiger partial charge in [-0.15, -0.1) is 0 Å². The third-order valence-corrected chi connectivity index (χ3v) is 3.91. The molecule has 0 aliphatic heterocycles. The summed E-state index contributed by atoms with van der Waals surface area (Å²) in [4.78, 5) is 8.80. The fraction of sp³-hybridized carbons (Fsp3) is 0.538. The van der Waals surface area contributed by atoms with Gasteiger partial charge in [-0.1, -0.05) is 6.92 Å². The molecule has 0 spiro atoms. The van der Waals surface area contributed by atoms with Gasteiger partial charge < -0.3 is 4.57 Å². The number of hydrogen-bond acceptors (Lipinski definition) is 3. The predicted molar refractivity (Wildman–Crippen MR) is 75.2 cm³/mol. The first-order valence-corrected chi connectivity index (χ1v) is 7.96. The number of imidazole rings is 1. The molecule has 2 heterocycles. The smallest absolute Gasteiger partial charge is 0.109 e. The highest BCUT2D eigenvalue weighted by atomic mass is 32.2. The van der Waals surface area contributed by atoms with Crippen molar-refractivity contribution in [1.82, 2.24) is 14.5 Å². The number of fused-ring (bicyclic) bond motifs is 1. The molecule has 0 aliphatic carbocycles. The molecule has 4 nitrogen and oxygen atoms in total. The van der Waals surface area contributed by atoms with E-state index in [-0.39, 0.29) is 0 Å². The van der Waals surface area contributed by atoms with Gasteiger partial charge in [-0.25, -0.2) is 4.98 Å². The van der Waals surface area contributed by atoms with Gasteiger partial charge >= 0.3 is 0 Å². The summed E-state index contributed by atoms with van der Waals surface area (Å²) in [5, 5.41) is 0. The van der Waals surface area contributed by atoms with E-state index in [9.17, 15) is 4.21 Å². The van der Waals surface area contributed by atoms with Crippen molar-refractivity contribution in [3.63, 3.8) is 0 Å². The highest BCUT2D eigenvalue weighted by Crippen LogP contribution is 2.19. The molecule has 0 saturated heterocycles. The highest BCUT2D eigenvalue weighted by molar-refractivity contribution is 7.84. The van der Waals surface area contributed by atoms with Gasteiger partial charge in [0.25, 0.3) is 0 Å². The summed E-state index contributed by atoms with van der Waals surface area (Å²) >= 11 is 0. The number of aromatic nitrogens is 3. The van der Waals surface area contributed by atoms with Gasteiger partial charge in [0.2, 0.25) is 0 Å². The molecule has 1 unspecified atom stereocenters. The van der Waals surface area contributed by atoms with Crippen molar-refractivity contribution in [1.29, 1.82) is 0 Å². The van der Waals surface area contributed by atoms with Crippen LogP contribution in [0.25, 0.3) is 11.0 Å². The fourth-order valence-electron chi connectivity index (χ4n) is 2.24. The van der Waals surface area contributed by atoms with E-state index in [1.54, 1.807) is 6.26 Å². The second kappa shape index (κ2) is 5.61. The van der Waals surface area contributed by atoms with E-state index in [1.165, 1.54) is 5.52 Å². The molecule has 2 aromatic heterocycles. The van der Waals surface area contributed by atoms with Crippen LogP contribution in [-0.2, 0) is 23.8 Å². The minimum Gasteiger partial charge on any atom is -0.328 e. The van der Waals surface area contributed by atoms with Crippen LogP contribution in [-0.4, -0.2) is 30.8 Å². The van der Waals surface area contributed by atoms with Crippen molar-refractivity contribution in [2.24, 2.45) is 0 Å². The van der Waals surface area contributed by atoms with Crippen LogP contribution in [0.3, 0.4) is 0 Å². The van der Waals surface area contributed by atoms with Gasteiger partial charge in [0.15, 0.2) is 0 Å². The molecule has 0 bridgehead atoms. The molecule has 18 heavy (non-hydrogen) atoms. The highest BCUT2D eigenvalue weighted by Gasteiger charge is 2.11. The van der Waals surface area contributed by atoms with Crippen molar-refractivity contribution in [3.05, 3.63) is 23.8 Å². The van der Waals surface area contributed by atoms with Crippen molar-refractivity contribution >= 4 is 21.8 Å². The van der Waals surface area contributed by atoms with Crippen molar-refractivity contribution in [2.75, 3.05) is 12.0 Å². The largest absolute Gasteiger partial charge is 0.328 e. The molecule has 98 valence electrons. The number of aryl methyl sites for hydroxylation is 3. The lowest BCUT2D eigenvalue weighted by atomic mass is 10.2. The van der Waals surface area contributed by atoms with Gasteiger partial charge in [-0.3, -0.25) is 9.19 Å². The second-order valence-electron chi connectivity index (χ2n) is 4.49. The van der Waals surface area contributed by atoms with Crippen LogP contribution in [0.15, 0.2) is 12.4 Å². The van der Waals surface area contributed by atoms with E-state index in [4.69, 9.17) is 0 Å². The Bertz CT molecular complexity index is 577. The van der Waals surface area contributed by atoms with Crippen LogP contribution in [0, 0.1) is 6.92 Å². The zero-order valence-electron chi connectivity index (χ0n) is 11.1.